The number of hydrogen-bond donors (Lipinski definition) is 1. The molecule has 4 nitrogen and oxygen atoms in total. The average Bonchev–Trinajstić information content (AvgIpc) is 3.30. The lowest BCUT2D eigenvalue weighted by Gasteiger charge is -2.57. The highest BCUT2D eigenvalue weighted by Crippen LogP contribution is 2.77. The SMILES string of the molecule is C=C1CC2C(CC[C@@]3(C)C2[C@@H]2C[C@@H]2[C@@]32C=CC(=O)O2)[C@H]2CC/C(=N/O)C=C12. The Morgan fingerprint density at radius 2 is 2.15 bits per heavy atom. The van der Waals surface area contributed by atoms with Crippen molar-refractivity contribution in [2.45, 2.75) is 51.0 Å². The minimum Gasteiger partial charge on any atom is -0.451 e. The van der Waals surface area contributed by atoms with Gasteiger partial charge in [-0.25, -0.2) is 4.79 Å². The van der Waals surface area contributed by atoms with E-state index in [0.29, 0.717) is 35.5 Å². The molecular formula is C23H27NO3. The molecular weight excluding hydrogens is 338 g/mol. The van der Waals surface area contributed by atoms with E-state index >= 15 is 0 Å². The molecule has 0 aromatic heterocycles. The first kappa shape index (κ1) is 16.1. The molecule has 1 spiro atoms. The summed E-state index contributed by atoms with van der Waals surface area (Å²) in [5.41, 5.74) is 3.10. The molecule has 0 radical (unpaired) electrons. The van der Waals surface area contributed by atoms with Crippen molar-refractivity contribution >= 4 is 11.7 Å². The van der Waals surface area contributed by atoms with Crippen molar-refractivity contribution in [1.29, 1.82) is 0 Å². The van der Waals surface area contributed by atoms with E-state index in [9.17, 15) is 10.0 Å². The Balaban J connectivity index is 1.39. The lowest BCUT2D eigenvalue weighted by Crippen LogP contribution is -2.55. The third-order valence-electron chi connectivity index (χ3n) is 9.19. The fourth-order valence-electron chi connectivity index (χ4n) is 8.18. The van der Waals surface area contributed by atoms with Gasteiger partial charge in [0.1, 0.15) is 5.60 Å². The van der Waals surface area contributed by atoms with E-state index in [1.807, 2.05) is 0 Å². The van der Waals surface area contributed by atoms with Crippen LogP contribution in [0.15, 0.2) is 41.1 Å². The van der Waals surface area contributed by atoms with Crippen LogP contribution in [0, 0.1) is 40.9 Å². The van der Waals surface area contributed by atoms with E-state index in [2.05, 4.69) is 30.8 Å². The number of esters is 1. The summed E-state index contributed by atoms with van der Waals surface area (Å²) in [5.74, 6) is 3.61. The van der Waals surface area contributed by atoms with Gasteiger partial charge in [-0.1, -0.05) is 24.2 Å². The molecule has 0 saturated heterocycles. The molecule has 5 aliphatic carbocycles. The zero-order chi connectivity index (χ0) is 18.6. The second-order valence-electron chi connectivity index (χ2n) is 10.0. The highest BCUT2D eigenvalue weighted by molar-refractivity contribution is 5.96. The molecule has 4 fully saturated rings. The number of oxime groups is 1. The van der Waals surface area contributed by atoms with Crippen LogP contribution in [-0.4, -0.2) is 22.5 Å². The fourth-order valence-corrected chi connectivity index (χ4v) is 8.18. The molecule has 1 aliphatic heterocycles. The van der Waals surface area contributed by atoms with Crippen molar-refractivity contribution in [3.8, 4) is 0 Å². The van der Waals surface area contributed by atoms with Gasteiger partial charge in [0, 0.05) is 17.4 Å². The van der Waals surface area contributed by atoms with Gasteiger partial charge in [-0.3, -0.25) is 0 Å². The Morgan fingerprint density at radius 1 is 1.30 bits per heavy atom. The lowest BCUT2D eigenvalue weighted by molar-refractivity contribution is -0.167. The maximum Gasteiger partial charge on any atom is 0.331 e. The highest BCUT2D eigenvalue weighted by atomic mass is 16.6. The number of fused-ring (bicyclic) bond motifs is 9. The molecule has 0 aromatic carbocycles. The Labute approximate surface area is 160 Å². The van der Waals surface area contributed by atoms with E-state index in [1.165, 1.54) is 24.0 Å². The molecule has 6 aliphatic rings. The van der Waals surface area contributed by atoms with Crippen LogP contribution in [0.25, 0.3) is 0 Å². The Kier molecular flexibility index (Phi) is 2.96. The van der Waals surface area contributed by atoms with Crippen LogP contribution < -0.4 is 0 Å². The summed E-state index contributed by atoms with van der Waals surface area (Å²) < 4.78 is 6.05. The first-order chi connectivity index (χ1) is 13.0. The number of carbonyl (C=O) groups excluding carboxylic acids is 1. The number of nitrogens with zero attached hydrogens (tertiary/aromatic N) is 1. The minimum atomic E-state index is -0.342. The Bertz CT molecular complexity index is 854. The van der Waals surface area contributed by atoms with Gasteiger partial charge in [0.25, 0.3) is 0 Å². The Morgan fingerprint density at radius 3 is 2.89 bits per heavy atom. The molecule has 1 heterocycles. The van der Waals surface area contributed by atoms with Gasteiger partial charge in [-0.2, -0.15) is 0 Å². The van der Waals surface area contributed by atoms with E-state index in [4.69, 9.17) is 4.74 Å². The summed E-state index contributed by atoms with van der Waals surface area (Å²) in [6.07, 6.45) is 12.4. The minimum absolute atomic E-state index is 0.0677. The van der Waals surface area contributed by atoms with Gasteiger partial charge in [-0.05, 0) is 85.8 Å². The molecule has 0 aromatic rings. The molecule has 142 valence electrons. The standard InChI is InChI=1S/C23H27NO3/c1-12-9-17-15(14-4-3-13(24-26)10-16(12)14)5-7-22(2)21(17)18-11-19(18)23(22)8-6-20(25)27-23/h6,8,10,14-15,17-19,21,26H,1,3-5,7,9,11H2,2H3/b24-13-/t14-,15?,17?,18-,19+,21?,22+,23+/m1/s1. The van der Waals surface area contributed by atoms with Crippen LogP contribution in [0.2, 0.25) is 0 Å². The average molecular weight is 365 g/mol. The summed E-state index contributed by atoms with van der Waals surface area (Å²) in [4.78, 5) is 12.0. The van der Waals surface area contributed by atoms with Gasteiger partial charge in [-0.15, -0.1) is 0 Å². The summed E-state index contributed by atoms with van der Waals surface area (Å²) in [6, 6.07) is 0. The molecule has 4 saturated carbocycles. The molecule has 6 rings (SSSR count). The van der Waals surface area contributed by atoms with Crippen LogP contribution in [0.5, 0.6) is 0 Å². The molecule has 3 unspecified atom stereocenters. The van der Waals surface area contributed by atoms with Crippen LogP contribution in [0.3, 0.4) is 0 Å². The van der Waals surface area contributed by atoms with E-state index in [1.54, 1.807) is 6.08 Å². The molecule has 4 heteroatoms. The first-order valence-electron chi connectivity index (χ1n) is 10.5. The highest BCUT2D eigenvalue weighted by Gasteiger charge is 2.77. The van der Waals surface area contributed by atoms with Crippen molar-refractivity contribution < 1.29 is 14.7 Å². The van der Waals surface area contributed by atoms with Crippen LogP contribution in [0.4, 0.5) is 0 Å². The van der Waals surface area contributed by atoms with Gasteiger partial charge < -0.3 is 9.94 Å². The summed E-state index contributed by atoms with van der Waals surface area (Å²) >= 11 is 0. The van der Waals surface area contributed by atoms with E-state index < -0.39 is 0 Å². The maximum atomic E-state index is 12.0. The monoisotopic (exact) mass is 365 g/mol. The van der Waals surface area contributed by atoms with Gasteiger partial charge in [0.15, 0.2) is 0 Å². The zero-order valence-corrected chi connectivity index (χ0v) is 15.9. The van der Waals surface area contributed by atoms with Crippen molar-refractivity contribution in [3.63, 3.8) is 0 Å². The topological polar surface area (TPSA) is 58.9 Å². The molecule has 0 amide bonds. The van der Waals surface area contributed by atoms with Crippen LogP contribution in [-0.2, 0) is 9.53 Å². The predicted octanol–water partition coefficient (Wildman–Crippen LogP) is 4.26. The smallest absolute Gasteiger partial charge is 0.331 e. The molecule has 27 heavy (non-hydrogen) atoms. The number of carbonyl (C=O) groups is 1. The largest absolute Gasteiger partial charge is 0.451 e. The van der Waals surface area contributed by atoms with Crippen molar-refractivity contribution in [2.75, 3.05) is 0 Å². The third-order valence-corrected chi connectivity index (χ3v) is 9.19. The molecule has 8 atom stereocenters. The molecule has 0 bridgehead atoms. The van der Waals surface area contributed by atoms with Gasteiger partial charge >= 0.3 is 5.97 Å². The number of allylic oxidation sites excluding steroid dienone is 3. The maximum absolute atomic E-state index is 12.0. The Hall–Kier alpha value is -1.84. The van der Waals surface area contributed by atoms with Crippen molar-refractivity contribution in [1.82, 2.24) is 0 Å². The molecule has 1 N–H and O–H groups in total. The van der Waals surface area contributed by atoms with E-state index in [-0.39, 0.29) is 17.0 Å². The number of rotatable bonds is 0. The summed E-state index contributed by atoms with van der Waals surface area (Å²) in [7, 11) is 0. The normalized spacial score (nSPS) is 53.5. The first-order valence-corrected chi connectivity index (χ1v) is 10.5. The number of hydrogen-bond acceptors (Lipinski definition) is 4. The summed E-state index contributed by atoms with van der Waals surface area (Å²) in [6.45, 7) is 6.83. The van der Waals surface area contributed by atoms with Crippen LogP contribution >= 0.6 is 0 Å². The predicted molar refractivity (Wildman–Crippen MR) is 101 cm³/mol. The van der Waals surface area contributed by atoms with Gasteiger partial charge in [0.2, 0.25) is 0 Å². The van der Waals surface area contributed by atoms with Crippen molar-refractivity contribution in [2.24, 2.45) is 46.1 Å². The third kappa shape index (κ3) is 1.80. The zero-order valence-electron chi connectivity index (χ0n) is 15.9. The lowest BCUT2D eigenvalue weighted by atomic mass is 9.48. The van der Waals surface area contributed by atoms with E-state index in [0.717, 1.165) is 31.4 Å². The van der Waals surface area contributed by atoms with Crippen LogP contribution in [0.1, 0.15) is 45.4 Å². The van der Waals surface area contributed by atoms with Crippen molar-refractivity contribution in [3.05, 3.63) is 36.0 Å². The quantitative estimate of drug-likeness (QED) is 0.396. The summed E-state index contributed by atoms with van der Waals surface area (Å²) in [5, 5.41) is 12.7. The van der Waals surface area contributed by atoms with Gasteiger partial charge in [0.05, 0.1) is 5.71 Å². The fraction of sp³-hybridized carbons (Fsp3) is 0.652. The number of ether oxygens (including phenoxy) is 1. The second kappa shape index (κ2) is 4.95. The second-order valence-corrected chi connectivity index (χ2v) is 10.0.